The van der Waals surface area contributed by atoms with Crippen LogP contribution >= 0.6 is 12.2 Å². The molecule has 1 rings (SSSR count). The van der Waals surface area contributed by atoms with Gasteiger partial charge in [0.05, 0.1) is 18.9 Å². The molecule has 0 aromatic heterocycles. The van der Waals surface area contributed by atoms with E-state index >= 15 is 0 Å². The lowest BCUT2D eigenvalue weighted by Gasteiger charge is -2.14. The lowest BCUT2D eigenvalue weighted by atomic mass is 10.3. The Kier molecular flexibility index (Phi) is 8.19. The van der Waals surface area contributed by atoms with Crippen LogP contribution in [0, 0.1) is 0 Å². The highest BCUT2D eigenvalue weighted by Crippen LogP contribution is 2.23. The minimum Gasteiger partial charge on any atom is -0.492 e. The first-order valence-electron chi connectivity index (χ1n) is 7.09. The van der Waals surface area contributed by atoms with Gasteiger partial charge in [-0.3, -0.25) is 4.79 Å². The predicted molar refractivity (Wildman–Crippen MR) is 87.7 cm³/mol. The molecule has 0 heterocycles. The fourth-order valence-electron chi connectivity index (χ4n) is 1.69. The van der Waals surface area contributed by atoms with E-state index in [-0.39, 0.29) is 5.97 Å². The quantitative estimate of drug-likeness (QED) is 0.437. The van der Waals surface area contributed by atoms with Crippen molar-refractivity contribution in [2.75, 3.05) is 25.1 Å². The standard InChI is InChI=1S/C15H22N2O3S/c1-3-19-13-9-6-5-8-12(13)17-15(21)16-11-7-10-14(18)20-4-2/h5-6,8-9H,3-4,7,10-11H2,1-2H3,(H2,16,17,21). The molecule has 0 atom stereocenters. The van der Waals surface area contributed by atoms with Crippen LogP contribution in [0.4, 0.5) is 5.69 Å². The zero-order valence-corrected chi connectivity index (χ0v) is 13.3. The molecular formula is C15H22N2O3S. The first kappa shape index (κ1) is 17.2. The van der Waals surface area contributed by atoms with Crippen molar-refractivity contribution in [3.63, 3.8) is 0 Å². The van der Waals surface area contributed by atoms with Crippen molar-refractivity contribution < 1.29 is 14.3 Å². The second kappa shape index (κ2) is 9.99. The number of carbonyl (C=O) groups is 1. The highest BCUT2D eigenvalue weighted by atomic mass is 32.1. The summed E-state index contributed by atoms with van der Waals surface area (Å²) in [5, 5.41) is 6.65. The summed E-state index contributed by atoms with van der Waals surface area (Å²) in [7, 11) is 0. The summed E-state index contributed by atoms with van der Waals surface area (Å²) in [5.41, 5.74) is 0.822. The molecular weight excluding hydrogens is 288 g/mol. The van der Waals surface area contributed by atoms with Crippen LogP contribution in [0.2, 0.25) is 0 Å². The molecule has 0 saturated carbocycles. The Hall–Kier alpha value is -1.82. The SMILES string of the molecule is CCOC(=O)CCCNC(=S)Nc1ccccc1OCC. The number of hydrogen-bond donors (Lipinski definition) is 2. The van der Waals surface area contributed by atoms with Crippen LogP contribution < -0.4 is 15.4 Å². The van der Waals surface area contributed by atoms with Crippen LogP contribution in [0.25, 0.3) is 0 Å². The van der Waals surface area contributed by atoms with Gasteiger partial charge >= 0.3 is 5.97 Å². The van der Waals surface area contributed by atoms with Gasteiger partial charge in [0.2, 0.25) is 0 Å². The van der Waals surface area contributed by atoms with E-state index in [0.717, 1.165) is 11.4 Å². The Bertz CT molecular complexity index is 466. The number of benzene rings is 1. The van der Waals surface area contributed by atoms with E-state index < -0.39 is 0 Å². The predicted octanol–water partition coefficient (Wildman–Crippen LogP) is 2.72. The summed E-state index contributed by atoms with van der Waals surface area (Å²) < 4.78 is 10.4. The van der Waals surface area contributed by atoms with Crippen molar-refractivity contribution in [2.24, 2.45) is 0 Å². The van der Waals surface area contributed by atoms with E-state index in [1.807, 2.05) is 31.2 Å². The molecule has 0 radical (unpaired) electrons. The molecule has 0 unspecified atom stereocenters. The monoisotopic (exact) mass is 310 g/mol. The van der Waals surface area contributed by atoms with Crippen molar-refractivity contribution >= 4 is 29.0 Å². The van der Waals surface area contributed by atoms with E-state index in [9.17, 15) is 4.79 Å². The topological polar surface area (TPSA) is 59.6 Å². The average Bonchev–Trinajstić information content (AvgIpc) is 2.46. The van der Waals surface area contributed by atoms with Crippen LogP contribution in [0.5, 0.6) is 5.75 Å². The molecule has 21 heavy (non-hydrogen) atoms. The minimum absolute atomic E-state index is 0.181. The molecule has 116 valence electrons. The zero-order valence-electron chi connectivity index (χ0n) is 12.5. The summed E-state index contributed by atoms with van der Waals surface area (Å²) in [4.78, 5) is 11.2. The Morgan fingerprint density at radius 3 is 2.71 bits per heavy atom. The third-order valence-corrected chi connectivity index (χ3v) is 2.83. The molecule has 5 nitrogen and oxygen atoms in total. The van der Waals surface area contributed by atoms with Gasteiger partial charge in [0.1, 0.15) is 5.75 Å². The van der Waals surface area contributed by atoms with Gasteiger partial charge in [-0.25, -0.2) is 0 Å². The van der Waals surface area contributed by atoms with Gasteiger partial charge in [0.15, 0.2) is 5.11 Å². The second-order valence-electron chi connectivity index (χ2n) is 4.22. The first-order chi connectivity index (χ1) is 10.2. The van der Waals surface area contributed by atoms with Crippen molar-refractivity contribution in [2.45, 2.75) is 26.7 Å². The third kappa shape index (κ3) is 6.94. The maximum Gasteiger partial charge on any atom is 0.305 e. The molecule has 0 bridgehead atoms. The molecule has 6 heteroatoms. The van der Waals surface area contributed by atoms with Gasteiger partial charge < -0.3 is 20.1 Å². The molecule has 0 aliphatic rings. The minimum atomic E-state index is -0.181. The Balaban J connectivity index is 2.32. The lowest BCUT2D eigenvalue weighted by Crippen LogP contribution is -2.29. The summed E-state index contributed by atoms with van der Waals surface area (Å²) in [5.74, 6) is 0.579. The van der Waals surface area contributed by atoms with Crippen LogP contribution in [0.1, 0.15) is 26.7 Å². The van der Waals surface area contributed by atoms with Gasteiger partial charge in [-0.2, -0.15) is 0 Å². The summed E-state index contributed by atoms with van der Waals surface area (Å²) in [6.07, 6.45) is 1.06. The lowest BCUT2D eigenvalue weighted by molar-refractivity contribution is -0.143. The smallest absolute Gasteiger partial charge is 0.305 e. The van der Waals surface area contributed by atoms with Crippen LogP contribution in [-0.4, -0.2) is 30.8 Å². The Labute approximate surface area is 131 Å². The van der Waals surface area contributed by atoms with E-state index in [1.165, 1.54) is 0 Å². The van der Waals surface area contributed by atoms with Gasteiger partial charge in [-0.1, -0.05) is 12.1 Å². The first-order valence-corrected chi connectivity index (χ1v) is 7.50. The molecule has 1 aromatic rings. The highest BCUT2D eigenvalue weighted by Gasteiger charge is 2.05. The van der Waals surface area contributed by atoms with E-state index in [1.54, 1.807) is 6.92 Å². The molecule has 2 N–H and O–H groups in total. The Morgan fingerprint density at radius 1 is 1.24 bits per heavy atom. The third-order valence-electron chi connectivity index (χ3n) is 2.58. The van der Waals surface area contributed by atoms with Gasteiger partial charge in [0, 0.05) is 13.0 Å². The fourth-order valence-corrected chi connectivity index (χ4v) is 1.90. The number of ether oxygens (including phenoxy) is 2. The molecule has 0 aliphatic carbocycles. The van der Waals surface area contributed by atoms with Crippen LogP contribution in [-0.2, 0) is 9.53 Å². The number of nitrogens with one attached hydrogen (secondary N) is 2. The van der Waals surface area contributed by atoms with Crippen molar-refractivity contribution in [3.05, 3.63) is 24.3 Å². The average molecular weight is 310 g/mol. The number of carbonyl (C=O) groups excluding carboxylic acids is 1. The zero-order chi connectivity index (χ0) is 15.5. The van der Waals surface area contributed by atoms with Crippen LogP contribution in [0.3, 0.4) is 0 Å². The van der Waals surface area contributed by atoms with E-state index in [0.29, 0.717) is 37.7 Å². The number of para-hydroxylation sites is 2. The molecule has 0 aliphatic heterocycles. The molecule has 0 amide bonds. The maximum atomic E-state index is 11.2. The fraction of sp³-hybridized carbons (Fsp3) is 0.467. The van der Waals surface area contributed by atoms with Crippen LogP contribution in [0.15, 0.2) is 24.3 Å². The van der Waals surface area contributed by atoms with Crippen molar-refractivity contribution in [3.8, 4) is 5.75 Å². The highest BCUT2D eigenvalue weighted by molar-refractivity contribution is 7.80. The second-order valence-corrected chi connectivity index (χ2v) is 4.63. The number of esters is 1. The number of thiocarbonyl (C=S) groups is 1. The summed E-state index contributed by atoms with van der Waals surface area (Å²) in [6, 6.07) is 7.60. The van der Waals surface area contributed by atoms with Crippen molar-refractivity contribution in [1.82, 2.24) is 5.32 Å². The van der Waals surface area contributed by atoms with Gasteiger partial charge in [0.25, 0.3) is 0 Å². The molecule has 0 saturated heterocycles. The van der Waals surface area contributed by atoms with Gasteiger partial charge in [-0.05, 0) is 44.6 Å². The normalized spacial score (nSPS) is 9.81. The molecule has 0 spiro atoms. The van der Waals surface area contributed by atoms with E-state index in [2.05, 4.69) is 10.6 Å². The maximum absolute atomic E-state index is 11.2. The molecule has 0 fully saturated rings. The van der Waals surface area contributed by atoms with Gasteiger partial charge in [-0.15, -0.1) is 0 Å². The summed E-state index contributed by atoms with van der Waals surface area (Å²) >= 11 is 5.22. The molecule has 1 aromatic carbocycles. The number of anilines is 1. The summed E-state index contributed by atoms with van der Waals surface area (Å²) in [6.45, 7) is 5.36. The Morgan fingerprint density at radius 2 is 2.00 bits per heavy atom. The van der Waals surface area contributed by atoms with Crippen molar-refractivity contribution in [1.29, 1.82) is 0 Å². The largest absolute Gasteiger partial charge is 0.492 e. The van der Waals surface area contributed by atoms with E-state index in [4.69, 9.17) is 21.7 Å². The number of rotatable bonds is 8. The number of hydrogen-bond acceptors (Lipinski definition) is 4.